The van der Waals surface area contributed by atoms with Crippen LogP contribution in [0.15, 0.2) is 82.4 Å². The van der Waals surface area contributed by atoms with Gasteiger partial charge in [0.1, 0.15) is 0 Å². The van der Waals surface area contributed by atoms with Crippen molar-refractivity contribution in [2.75, 3.05) is 59.2 Å². The molecule has 3 saturated carbocycles. The smallest absolute Gasteiger partial charge is 0.673 e. The number of amides is 2. The molecule has 3 aliphatic carbocycles. The minimum atomic E-state index is -1.47. The molecule has 6 rings (SSSR count). The Labute approximate surface area is 961 Å². The quantitative estimate of drug-likeness (QED) is 0.0142. The summed E-state index contributed by atoms with van der Waals surface area (Å²) in [4.78, 5) is 77.4. The largest absolute Gasteiger partial charge is 2.00 e. The molecule has 0 spiro atoms. The third-order valence-corrected chi connectivity index (χ3v) is 47.3. The fraction of sp³-hybridized carbons (Fsp3) is 0.728. The first-order valence-electron chi connectivity index (χ1n) is 51.4. The Morgan fingerprint density at radius 3 is 0.945 bits per heavy atom. The number of methoxy groups -OCH3 is 4. The topological polar surface area (TPSA) is 235 Å². The molecule has 0 aliphatic heterocycles. The van der Waals surface area contributed by atoms with Crippen molar-refractivity contribution >= 4 is 154 Å². The van der Waals surface area contributed by atoms with Crippen molar-refractivity contribution in [3.8, 4) is 0 Å². The maximum atomic E-state index is 12.2. The van der Waals surface area contributed by atoms with Gasteiger partial charge in [-0.15, -0.1) is 36.2 Å². The number of hydrogen-bond donors (Lipinski definition) is 0. The molecule has 852 valence electrons. The molecular formula is C114H211N7Ni5O10P5S2Si2+5. The molecule has 0 atom stereocenters. The summed E-state index contributed by atoms with van der Waals surface area (Å²) in [5.41, 5.74) is 1.46. The molecule has 0 radical (unpaired) electrons. The molecule has 17 nitrogen and oxygen atoms in total. The van der Waals surface area contributed by atoms with E-state index in [4.69, 9.17) is 55.0 Å². The molecule has 3 aliphatic rings. The van der Waals surface area contributed by atoms with E-state index in [2.05, 4.69) is 314 Å². The number of ether oxygens (including phenoxy) is 4. The van der Waals surface area contributed by atoms with Crippen LogP contribution in [0.4, 0.5) is 5.69 Å². The number of carbonyl (C=O) groups excluding carboxylic acids is 6. The van der Waals surface area contributed by atoms with Crippen LogP contribution in [0.25, 0.3) is 37.0 Å². The van der Waals surface area contributed by atoms with E-state index in [9.17, 15) is 28.8 Å². The van der Waals surface area contributed by atoms with Gasteiger partial charge < -0.3 is 70.9 Å². The first kappa shape index (κ1) is 161. The molecule has 2 amide bonds. The molecule has 3 aromatic rings. The van der Waals surface area contributed by atoms with Crippen molar-refractivity contribution < 1.29 is 130 Å². The standard InChI is InChI=1S/C22H42N2P.C20H28NPS.C17H26NO2P.C16H38N2PSi2.C16H32NPS.4C5H9O2.C3H7.5Ni/c1-21(2,3)25(22(4,5)6)17-20(23-18-13-9-7-10-14-18)24-19-15-11-8-12-16-19;1-19(2,3)22(20(4,5)6)14-18(23)21-17-13-9-11-15-10-7-8-12-16(15)17;1-16(2,3)21(17(4,5)6)12-14(19)18-15(20)13-10-8-7-9-11-13;1-15(2,3)19(16(4,5)6)13-14(17-20(7,8)9)18-21(10,11)12;1-15(2,3)18(16(4,5)6)12-14(19)17-13-10-8-7-9-11-13;4*1-4(2)5(6)7-3;1-3-2;;;;;/h18-19H,7-17H2,1-6H3;7-13H,14H2,1-6H3,(H,21,23);7-11H,12H2,1-6H3,(H,18,19,20);13H2,1-12H3;13H,7-12H2,1-6H3,(H,17,19);4*1-3H3;3H,1-2H3;;;;;/q-1;;;-1;;5*-1;5*+2/p+2. The van der Waals surface area contributed by atoms with Gasteiger partial charge in [0, 0.05) is 56.1 Å². The molecule has 0 heterocycles. The second kappa shape index (κ2) is 76.7. The van der Waals surface area contributed by atoms with Gasteiger partial charge in [-0.25, -0.2) is 0 Å². The van der Waals surface area contributed by atoms with E-state index in [0.29, 0.717) is 94.8 Å². The van der Waals surface area contributed by atoms with E-state index in [1.54, 1.807) is 79.7 Å². The third kappa shape index (κ3) is 78.1. The van der Waals surface area contributed by atoms with Gasteiger partial charge in [-0.1, -0.05) is 230 Å². The van der Waals surface area contributed by atoms with Crippen LogP contribution in [0.1, 0.15) is 384 Å². The van der Waals surface area contributed by atoms with Gasteiger partial charge in [-0.3, -0.25) is 42.8 Å². The Balaban J connectivity index is -0.000000210. The van der Waals surface area contributed by atoms with Gasteiger partial charge in [-0.2, -0.15) is 69.2 Å². The second-order valence-corrected chi connectivity index (χ2v) is 82.2. The molecule has 0 bridgehead atoms. The van der Waals surface area contributed by atoms with Gasteiger partial charge in [-0.05, 0) is 236 Å². The second-order valence-electron chi connectivity index (χ2n) is 50.6. The first-order valence-corrected chi connectivity index (χ1v) is 67.7. The van der Waals surface area contributed by atoms with Crippen LogP contribution in [0.3, 0.4) is 0 Å². The molecule has 0 aromatic heterocycles. The average Bonchev–Trinajstić information content (AvgIpc) is 0.848. The molecule has 145 heavy (non-hydrogen) atoms. The summed E-state index contributed by atoms with van der Waals surface area (Å²) < 4.78 is 22.5. The Kier molecular flexibility index (Phi) is 85.1. The summed E-state index contributed by atoms with van der Waals surface area (Å²) in [7, 11) is -0.897. The number of benzene rings is 3. The van der Waals surface area contributed by atoms with Crippen molar-refractivity contribution in [3.63, 3.8) is 0 Å². The predicted octanol–water partition coefficient (Wildman–Crippen LogP) is 35.1. The number of aliphatic imine (C=N–C) groups is 1. The van der Waals surface area contributed by atoms with Crippen molar-refractivity contribution in [1.29, 1.82) is 0 Å². The molecular weight excluding hydrogens is 2200 g/mol. The van der Waals surface area contributed by atoms with Crippen LogP contribution in [-0.4, -0.2) is 203 Å². The maximum Gasteiger partial charge on any atom is 2.00 e. The molecule has 3 aromatic carbocycles. The molecule has 3 fully saturated rings. The van der Waals surface area contributed by atoms with E-state index in [1.165, 1.54) is 147 Å². The average molecular weight is 2410 g/mol. The summed E-state index contributed by atoms with van der Waals surface area (Å²) in [5, 5.41) is 24.2. The van der Waals surface area contributed by atoms with Crippen molar-refractivity contribution in [1.82, 2.24) is 0 Å². The van der Waals surface area contributed by atoms with E-state index in [1.807, 2.05) is 26.3 Å². The Morgan fingerprint density at radius 1 is 0.372 bits per heavy atom. The molecule has 0 saturated heterocycles. The van der Waals surface area contributed by atoms with Crippen molar-refractivity contribution in [2.24, 2.45) is 9.65 Å². The number of rotatable bonds is 21. The number of imide groups is 1. The molecule has 0 N–H and O–H groups in total. The monoisotopic (exact) mass is 2400 g/mol. The van der Waals surface area contributed by atoms with E-state index < -0.39 is 62.0 Å². The third-order valence-electron chi connectivity index (χ3n) is 23.0. The van der Waals surface area contributed by atoms with Crippen LogP contribution in [0.2, 0.25) is 39.3 Å². The van der Waals surface area contributed by atoms with E-state index >= 15 is 0 Å². The van der Waals surface area contributed by atoms with Crippen LogP contribution >= 0.6 is 64.0 Å². The number of amidine groups is 2. The van der Waals surface area contributed by atoms with Gasteiger partial charge in [0.2, 0.25) is 0 Å². The number of hydrogen-bond acceptors (Lipinski definition) is 14. The Hall–Kier alpha value is -1.81. The van der Waals surface area contributed by atoms with Crippen LogP contribution < -0.4 is 0 Å². The van der Waals surface area contributed by atoms with Gasteiger partial charge >= 0.3 is 82.5 Å². The van der Waals surface area contributed by atoms with Gasteiger partial charge in [0.15, 0.2) is 23.9 Å². The number of thiocarbonyl (C=S) groups is 2. The molecule has 0 unspecified atom stereocenters. The zero-order valence-electron chi connectivity index (χ0n) is 100. The van der Waals surface area contributed by atoms with Crippen LogP contribution in [-0.2, 0) is 125 Å². The van der Waals surface area contributed by atoms with Crippen LogP contribution in [0.5, 0.6) is 0 Å². The van der Waals surface area contributed by atoms with Gasteiger partial charge in [0.05, 0.1) is 123 Å². The minimum absolute atomic E-state index is 0. The van der Waals surface area contributed by atoms with Crippen molar-refractivity contribution in [2.45, 2.75) is 482 Å². The first-order chi connectivity index (χ1) is 63.4. The summed E-state index contributed by atoms with van der Waals surface area (Å²) in [5.74, 6) is 3.49. The number of fused-ring (bicyclic) bond motifs is 1. The van der Waals surface area contributed by atoms with Crippen molar-refractivity contribution in [3.05, 3.63) is 135 Å². The summed E-state index contributed by atoms with van der Waals surface area (Å²) in [6, 6.07) is 25.0. The number of esters is 4. The van der Waals surface area contributed by atoms with E-state index in [0.717, 1.165) is 40.3 Å². The normalized spacial score (nSPS) is 14.0. The van der Waals surface area contributed by atoms with Gasteiger partial charge in [0.25, 0.3) is 0 Å². The molecule has 31 heteroatoms. The predicted molar refractivity (Wildman–Crippen MR) is 649 cm³/mol. The maximum absolute atomic E-state index is 12.2. The van der Waals surface area contributed by atoms with Crippen LogP contribution in [0, 0.1) is 30.1 Å². The summed E-state index contributed by atoms with van der Waals surface area (Å²) in [6.07, 6.45) is 26.7. The fourth-order valence-electron chi connectivity index (χ4n) is 17.4. The zero-order chi connectivity index (χ0) is 110. The Bertz CT molecular complexity index is 3940. The minimum Gasteiger partial charge on any atom is -0.673 e. The summed E-state index contributed by atoms with van der Waals surface area (Å²) >= 11 is 11.3. The SMILES string of the molecule is CC(C)(C)[PH+](CC(=NC1CCCCC1)[N-]C1CCCCC1)C(C)(C)C.CC(C)(C)[PH+](CC(=N[Si](C)(C)C)[N-][Si](C)(C)C)C(C)(C)C.CC(C)(C)[PH+](CC(=O)[N-]C(=O)c1ccccc1)C(C)(C)C.CC(C)(C)[PH+](CC(=S)[N-]C1CCCCC1)C(C)(C)C.CC(C)(C)[PH+](CC(=S)[N-]c1cccc2ccccc12)C(C)(C)C.COC(=O)[C-](C)C.COC(=O)[C-](C)C.COC(=O)[C-](C)C.COC(=O)[C-](C)C.C[CH-]C.[Ni+2].[Ni+2].[Ni+2].[Ni+2].[Ni+2]. The fourth-order valence-corrected chi connectivity index (χ4v) is 39.5. The number of carbonyl (C=O) groups is 6. The zero-order valence-corrected chi connectivity index (χ0v) is 114. The van der Waals surface area contributed by atoms with E-state index in [-0.39, 0.29) is 123 Å². The Morgan fingerprint density at radius 2 is 0.648 bits per heavy atom. The number of nitrogens with zero attached hydrogens (tertiary/aromatic N) is 7. The summed E-state index contributed by atoms with van der Waals surface area (Å²) in [6.45, 7) is 102.